The molecule has 0 radical (unpaired) electrons. The number of amides is 1. The number of fused-ring (bicyclic) bond motifs is 1. The van der Waals surface area contributed by atoms with E-state index in [9.17, 15) is 4.79 Å². The van der Waals surface area contributed by atoms with E-state index in [-0.39, 0.29) is 12.0 Å². The summed E-state index contributed by atoms with van der Waals surface area (Å²) in [7, 11) is 0. The van der Waals surface area contributed by atoms with Crippen molar-refractivity contribution in [2.24, 2.45) is 0 Å². The van der Waals surface area contributed by atoms with E-state index < -0.39 is 0 Å². The average Bonchev–Trinajstić information content (AvgIpc) is 3.03. The largest absolute Gasteiger partial charge is 0.464 e. The summed E-state index contributed by atoms with van der Waals surface area (Å²) in [6, 6.07) is 7.88. The first-order chi connectivity index (χ1) is 12.6. The van der Waals surface area contributed by atoms with Gasteiger partial charge in [0.05, 0.1) is 25.8 Å². The lowest BCUT2D eigenvalue weighted by Crippen LogP contribution is -2.43. The Bertz CT molecular complexity index is 950. The van der Waals surface area contributed by atoms with E-state index in [0.29, 0.717) is 31.9 Å². The quantitative estimate of drug-likeness (QED) is 0.726. The van der Waals surface area contributed by atoms with Crippen LogP contribution in [0.1, 0.15) is 28.7 Å². The molecule has 26 heavy (non-hydrogen) atoms. The van der Waals surface area contributed by atoms with Crippen LogP contribution in [0.15, 0.2) is 41.1 Å². The summed E-state index contributed by atoms with van der Waals surface area (Å²) in [5, 5.41) is 0.996. The Morgan fingerprint density at radius 2 is 2.19 bits per heavy atom. The number of aryl methyl sites for hydroxylation is 2. The molecule has 0 saturated carbocycles. The van der Waals surface area contributed by atoms with E-state index in [0.717, 1.165) is 27.8 Å². The highest BCUT2D eigenvalue weighted by Crippen LogP contribution is 2.24. The second kappa shape index (κ2) is 6.88. The maximum Gasteiger partial charge on any atom is 0.227 e. The van der Waals surface area contributed by atoms with Crippen LogP contribution in [-0.2, 0) is 16.0 Å². The smallest absolute Gasteiger partial charge is 0.227 e. The molecule has 0 unspecified atom stereocenters. The van der Waals surface area contributed by atoms with Gasteiger partial charge < -0.3 is 14.1 Å². The van der Waals surface area contributed by atoms with E-state index in [4.69, 9.17) is 9.15 Å². The normalized spacial score (nSPS) is 17.6. The molecule has 3 heterocycles. The summed E-state index contributed by atoms with van der Waals surface area (Å²) < 4.78 is 11.4. The molecule has 4 rings (SSSR count). The van der Waals surface area contributed by atoms with E-state index >= 15 is 0 Å². The Kier molecular flexibility index (Phi) is 4.42. The topological polar surface area (TPSA) is 68.5 Å². The third-order valence-electron chi connectivity index (χ3n) is 4.67. The lowest BCUT2D eigenvalue weighted by molar-refractivity contribution is -0.138. The fourth-order valence-corrected chi connectivity index (χ4v) is 3.26. The van der Waals surface area contributed by atoms with Crippen molar-refractivity contribution in [1.29, 1.82) is 0 Å². The fraction of sp³-hybridized carbons (Fsp3) is 0.350. The number of morpholine rings is 1. The highest BCUT2D eigenvalue weighted by molar-refractivity contribution is 5.88. The summed E-state index contributed by atoms with van der Waals surface area (Å²) in [6.07, 6.45) is 3.44. The molecule has 1 aliphatic rings. The molecule has 1 saturated heterocycles. The van der Waals surface area contributed by atoms with Crippen LogP contribution in [0.5, 0.6) is 0 Å². The molecule has 134 valence electrons. The van der Waals surface area contributed by atoms with Crippen molar-refractivity contribution in [2.75, 3.05) is 19.7 Å². The van der Waals surface area contributed by atoms with Gasteiger partial charge in [0.15, 0.2) is 5.82 Å². The minimum atomic E-state index is -0.281. The Balaban J connectivity index is 1.49. The van der Waals surface area contributed by atoms with Crippen LogP contribution in [0, 0.1) is 13.8 Å². The predicted molar refractivity (Wildman–Crippen MR) is 96.7 cm³/mol. The van der Waals surface area contributed by atoms with Gasteiger partial charge in [-0.05, 0) is 31.5 Å². The number of hydrogen-bond acceptors (Lipinski definition) is 5. The van der Waals surface area contributed by atoms with Crippen molar-refractivity contribution >= 4 is 16.9 Å². The van der Waals surface area contributed by atoms with Crippen molar-refractivity contribution in [3.05, 3.63) is 59.4 Å². The zero-order chi connectivity index (χ0) is 18.1. The molecule has 2 aromatic heterocycles. The first kappa shape index (κ1) is 16.7. The molecule has 6 heteroatoms. The van der Waals surface area contributed by atoms with Crippen molar-refractivity contribution in [3.63, 3.8) is 0 Å². The van der Waals surface area contributed by atoms with Gasteiger partial charge in [-0.2, -0.15) is 0 Å². The molecule has 6 nitrogen and oxygen atoms in total. The van der Waals surface area contributed by atoms with Gasteiger partial charge >= 0.3 is 0 Å². The number of nitrogens with zero attached hydrogens (tertiary/aromatic N) is 3. The standard InChI is InChI=1S/C20H21N3O3/c1-13-3-4-16-15(12-26-17(16)9-13)10-19(24)23-7-8-25-18(11-23)20-21-6-5-14(2)22-20/h3-6,9,12,18H,7-8,10-11H2,1-2H3/t18-/m0/s1. The van der Waals surface area contributed by atoms with Gasteiger partial charge in [0.1, 0.15) is 11.7 Å². The van der Waals surface area contributed by atoms with Crippen LogP contribution in [0.2, 0.25) is 0 Å². The van der Waals surface area contributed by atoms with Crippen LogP contribution in [0.25, 0.3) is 11.0 Å². The molecule has 1 aromatic carbocycles. The average molecular weight is 351 g/mol. The van der Waals surface area contributed by atoms with Gasteiger partial charge in [-0.1, -0.05) is 12.1 Å². The molecule has 0 spiro atoms. The fourth-order valence-electron chi connectivity index (χ4n) is 3.26. The van der Waals surface area contributed by atoms with E-state index in [1.165, 1.54) is 0 Å². The molecular weight excluding hydrogens is 330 g/mol. The number of furan rings is 1. The number of aromatic nitrogens is 2. The molecule has 1 atom stereocenters. The summed E-state index contributed by atoms with van der Waals surface area (Å²) >= 11 is 0. The van der Waals surface area contributed by atoms with Gasteiger partial charge in [-0.25, -0.2) is 9.97 Å². The highest BCUT2D eigenvalue weighted by atomic mass is 16.5. The first-order valence-corrected chi connectivity index (χ1v) is 8.76. The minimum absolute atomic E-state index is 0.0641. The van der Waals surface area contributed by atoms with Gasteiger partial charge in [0, 0.05) is 29.4 Å². The number of hydrogen-bond donors (Lipinski definition) is 0. The number of rotatable bonds is 3. The molecule has 3 aromatic rings. The van der Waals surface area contributed by atoms with Crippen molar-refractivity contribution in [3.8, 4) is 0 Å². The van der Waals surface area contributed by atoms with Crippen LogP contribution >= 0.6 is 0 Å². The number of carbonyl (C=O) groups excluding carboxylic acids is 1. The molecule has 0 aliphatic carbocycles. The molecule has 0 N–H and O–H groups in total. The molecule has 0 bridgehead atoms. The summed E-state index contributed by atoms with van der Waals surface area (Å²) in [5.74, 6) is 0.695. The van der Waals surface area contributed by atoms with Crippen molar-refractivity contribution in [2.45, 2.75) is 26.4 Å². The monoisotopic (exact) mass is 351 g/mol. The van der Waals surface area contributed by atoms with E-state index in [1.807, 2.05) is 43.0 Å². The predicted octanol–water partition coefficient (Wildman–Crippen LogP) is 2.98. The van der Waals surface area contributed by atoms with Crippen LogP contribution in [0.4, 0.5) is 0 Å². The first-order valence-electron chi connectivity index (χ1n) is 8.76. The van der Waals surface area contributed by atoms with Crippen LogP contribution < -0.4 is 0 Å². The maximum absolute atomic E-state index is 12.8. The summed E-state index contributed by atoms with van der Waals surface area (Å²) in [4.78, 5) is 23.4. The molecule has 1 aliphatic heterocycles. The Labute approximate surface area is 151 Å². The SMILES string of the molecule is Cc1ccc2c(CC(=O)N3CCO[C@H](c4nccc(C)n4)C3)coc2c1. The van der Waals surface area contributed by atoms with Crippen LogP contribution in [0.3, 0.4) is 0 Å². The van der Waals surface area contributed by atoms with E-state index in [2.05, 4.69) is 9.97 Å². The molecular formula is C20H21N3O3. The second-order valence-corrected chi connectivity index (χ2v) is 6.69. The summed E-state index contributed by atoms with van der Waals surface area (Å²) in [6.45, 7) is 5.48. The van der Waals surface area contributed by atoms with Crippen molar-refractivity contribution < 1.29 is 13.9 Å². The highest BCUT2D eigenvalue weighted by Gasteiger charge is 2.27. The number of benzene rings is 1. The van der Waals surface area contributed by atoms with Crippen molar-refractivity contribution in [1.82, 2.24) is 14.9 Å². The third-order valence-corrected chi connectivity index (χ3v) is 4.67. The lowest BCUT2D eigenvalue weighted by Gasteiger charge is -2.32. The Hall–Kier alpha value is -2.73. The van der Waals surface area contributed by atoms with Crippen LogP contribution in [-0.4, -0.2) is 40.5 Å². The summed E-state index contributed by atoms with van der Waals surface area (Å²) in [5.41, 5.74) is 3.77. The van der Waals surface area contributed by atoms with Gasteiger partial charge in [-0.3, -0.25) is 4.79 Å². The second-order valence-electron chi connectivity index (χ2n) is 6.69. The third kappa shape index (κ3) is 3.32. The number of ether oxygens (including phenoxy) is 1. The Morgan fingerprint density at radius 1 is 1.31 bits per heavy atom. The minimum Gasteiger partial charge on any atom is -0.464 e. The zero-order valence-electron chi connectivity index (χ0n) is 14.9. The molecule has 1 amide bonds. The number of carbonyl (C=O) groups is 1. The Morgan fingerprint density at radius 3 is 3.04 bits per heavy atom. The van der Waals surface area contributed by atoms with E-state index in [1.54, 1.807) is 12.5 Å². The maximum atomic E-state index is 12.8. The zero-order valence-corrected chi connectivity index (χ0v) is 14.9. The van der Waals surface area contributed by atoms with Gasteiger partial charge in [-0.15, -0.1) is 0 Å². The molecule has 1 fully saturated rings. The lowest BCUT2D eigenvalue weighted by atomic mass is 10.1. The van der Waals surface area contributed by atoms with Gasteiger partial charge in [0.25, 0.3) is 0 Å². The van der Waals surface area contributed by atoms with Gasteiger partial charge in [0.2, 0.25) is 5.91 Å².